The lowest BCUT2D eigenvalue weighted by atomic mass is 9.76. The van der Waals surface area contributed by atoms with E-state index in [0.29, 0.717) is 39.3 Å². The second-order valence-electron chi connectivity index (χ2n) is 7.37. The summed E-state index contributed by atoms with van der Waals surface area (Å²) in [5, 5.41) is 0.572. The van der Waals surface area contributed by atoms with Crippen LogP contribution >= 0.6 is 23.8 Å². The van der Waals surface area contributed by atoms with Crippen molar-refractivity contribution in [2.45, 2.75) is 43.9 Å². The molecule has 2 aromatic heterocycles. The zero-order valence-corrected chi connectivity index (χ0v) is 17.0. The fraction of sp³-hybridized carbons (Fsp3) is 0.318. The predicted octanol–water partition coefficient (Wildman–Crippen LogP) is 5.51. The lowest BCUT2D eigenvalue weighted by Gasteiger charge is -2.29. The number of hydrogen-bond donors (Lipinski definition) is 2. The molecule has 2 N–H and O–H groups in total. The van der Waals surface area contributed by atoms with Crippen LogP contribution in [0.4, 0.5) is 0 Å². The molecular weight excluding hydrogens is 390 g/mol. The van der Waals surface area contributed by atoms with Gasteiger partial charge < -0.3 is 4.98 Å². The number of H-pyrrole nitrogens is 2. The summed E-state index contributed by atoms with van der Waals surface area (Å²) in [5.41, 5.74) is 3.60. The quantitative estimate of drug-likeness (QED) is 0.556. The Bertz CT molecular complexity index is 1070. The van der Waals surface area contributed by atoms with Crippen molar-refractivity contribution in [1.29, 1.82) is 0 Å². The van der Waals surface area contributed by atoms with E-state index in [1.54, 1.807) is 18.3 Å². The SMILES string of the molecule is O=c1[nH]c(=S)[nH]c(C2CCC(c3ccccc3)CC2)c1Cc1ncccc1Cl. The molecule has 1 aliphatic rings. The Balaban J connectivity index is 1.60. The molecule has 6 heteroatoms. The Kier molecular flexibility index (Phi) is 5.74. The van der Waals surface area contributed by atoms with Gasteiger partial charge in [0.05, 0.1) is 10.7 Å². The highest BCUT2D eigenvalue weighted by molar-refractivity contribution is 7.71. The Hall–Kier alpha value is -2.24. The first-order chi connectivity index (χ1) is 13.6. The number of hydrogen-bond acceptors (Lipinski definition) is 3. The molecular formula is C22H22ClN3OS. The molecule has 1 fully saturated rings. The van der Waals surface area contributed by atoms with Crippen molar-refractivity contribution in [3.05, 3.63) is 91.3 Å². The summed E-state index contributed by atoms with van der Waals surface area (Å²) in [6.45, 7) is 0. The van der Waals surface area contributed by atoms with Crippen molar-refractivity contribution < 1.29 is 0 Å². The lowest BCUT2D eigenvalue weighted by molar-refractivity contribution is 0.389. The summed E-state index contributed by atoms with van der Waals surface area (Å²) >= 11 is 11.5. The molecule has 4 rings (SSSR count). The second-order valence-corrected chi connectivity index (χ2v) is 8.18. The van der Waals surface area contributed by atoms with Gasteiger partial charge in [-0.2, -0.15) is 0 Å². The van der Waals surface area contributed by atoms with Crippen LogP contribution in [0.1, 0.15) is 60.0 Å². The van der Waals surface area contributed by atoms with Crippen molar-refractivity contribution in [3.8, 4) is 0 Å². The highest BCUT2D eigenvalue weighted by Gasteiger charge is 2.27. The summed E-state index contributed by atoms with van der Waals surface area (Å²) in [5.74, 6) is 0.873. The van der Waals surface area contributed by atoms with E-state index in [9.17, 15) is 4.79 Å². The van der Waals surface area contributed by atoms with Crippen LogP contribution in [0.5, 0.6) is 0 Å². The van der Waals surface area contributed by atoms with Gasteiger partial charge in [-0.15, -0.1) is 0 Å². The van der Waals surface area contributed by atoms with E-state index in [4.69, 9.17) is 23.8 Å². The molecule has 0 aliphatic heterocycles. The molecule has 1 saturated carbocycles. The van der Waals surface area contributed by atoms with E-state index in [1.165, 1.54) is 5.56 Å². The number of aromatic nitrogens is 3. The molecule has 0 spiro atoms. The van der Waals surface area contributed by atoms with E-state index < -0.39 is 0 Å². The van der Waals surface area contributed by atoms with Crippen LogP contribution in [-0.2, 0) is 6.42 Å². The number of nitrogens with zero attached hydrogens (tertiary/aromatic N) is 1. The molecule has 3 aromatic rings. The van der Waals surface area contributed by atoms with E-state index in [0.717, 1.165) is 31.4 Å². The minimum atomic E-state index is -0.148. The number of benzene rings is 1. The Labute approximate surface area is 174 Å². The van der Waals surface area contributed by atoms with Crippen LogP contribution in [0.3, 0.4) is 0 Å². The smallest absolute Gasteiger partial charge is 0.255 e. The first kappa shape index (κ1) is 19.1. The summed E-state index contributed by atoms with van der Waals surface area (Å²) < 4.78 is 0.376. The zero-order chi connectivity index (χ0) is 19.5. The van der Waals surface area contributed by atoms with Gasteiger partial charge in [-0.1, -0.05) is 41.9 Å². The number of pyridine rings is 1. The topological polar surface area (TPSA) is 61.5 Å². The third-order valence-electron chi connectivity index (χ3n) is 5.66. The van der Waals surface area contributed by atoms with Gasteiger partial charge in [-0.05, 0) is 67.4 Å². The van der Waals surface area contributed by atoms with Crippen molar-refractivity contribution in [2.24, 2.45) is 0 Å². The number of nitrogens with one attached hydrogen (secondary N) is 2. The van der Waals surface area contributed by atoms with Crippen LogP contribution in [0, 0.1) is 4.77 Å². The molecule has 28 heavy (non-hydrogen) atoms. The van der Waals surface area contributed by atoms with Crippen molar-refractivity contribution >= 4 is 23.8 Å². The fourth-order valence-electron chi connectivity index (χ4n) is 4.21. The van der Waals surface area contributed by atoms with Crippen LogP contribution < -0.4 is 5.56 Å². The zero-order valence-electron chi connectivity index (χ0n) is 15.5. The molecule has 0 bridgehead atoms. The van der Waals surface area contributed by atoms with Crippen molar-refractivity contribution in [3.63, 3.8) is 0 Å². The summed E-state index contributed by atoms with van der Waals surface area (Å²) in [4.78, 5) is 23.0. The molecule has 2 heterocycles. The third-order valence-corrected chi connectivity index (χ3v) is 6.21. The number of rotatable bonds is 4. The van der Waals surface area contributed by atoms with Crippen molar-refractivity contribution in [2.75, 3.05) is 0 Å². The van der Waals surface area contributed by atoms with Gasteiger partial charge >= 0.3 is 0 Å². The average Bonchev–Trinajstić information content (AvgIpc) is 2.72. The highest BCUT2D eigenvalue weighted by Crippen LogP contribution is 2.40. The maximum atomic E-state index is 12.7. The molecule has 0 atom stereocenters. The van der Waals surface area contributed by atoms with Crippen LogP contribution in [-0.4, -0.2) is 15.0 Å². The monoisotopic (exact) mass is 411 g/mol. The van der Waals surface area contributed by atoms with Gasteiger partial charge in [-0.25, -0.2) is 0 Å². The molecule has 1 aromatic carbocycles. The van der Waals surface area contributed by atoms with E-state index >= 15 is 0 Å². The molecule has 0 radical (unpaired) electrons. The number of aromatic amines is 2. The van der Waals surface area contributed by atoms with Gasteiger partial charge in [0, 0.05) is 23.9 Å². The number of halogens is 1. The second kappa shape index (κ2) is 8.41. The van der Waals surface area contributed by atoms with E-state index in [2.05, 4.69) is 45.3 Å². The fourth-order valence-corrected chi connectivity index (χ4v) is 4.60. The maximum Gasteiger partial charge on any atom is 0.255 e. The Morgan fingerprint density at radius 3 is 2.43 bits per heavy atom. The van der Waals surface area contributed by atoms with Gasteiger partial charge in [0.1, 0.15) is 0 Å². The molecule has 144 valence electrons. The van der Waals surface area contributed by atoms with Gasteiger partial charge in [0.15, 0.2) is 4.77 Å². The van der Waals surface area contributed by atoms with Crippen LogP contribution in [0.15, 0.2) is 53.5 Å². The first-order valence-electron chi connectivity index (χ1n) is 9.61. The van der Waals surface area contributed by atoms with Crippen LogP contribution in [0.2, 0.25) is 5.02 Å². The molecule has 0 saturated heterocycles. The van der Waals surface area contributed by atoms with E-state index in [1.807, 2.05) is 0 Å². The maximum absolute atomic E-state index is 12.7. The molecule has 0 amide bonds. The van der Waals surface area contributed by atoms with E-state index in [-0.39, 0.29) is 5.56 Å². The average molecular weight is 412 g/mol. The minimum absolute atomic E-state index is 0.148. The Morgan fingerprint density at radius 2 is 1.71 bits per heavy atom. The minimum Gasteiger partial charge on any atom is -0.335 e. The van der Waals surface area contributed by atoms with Gasteiger partial charge in [0.25, 0.3) is 5.56 Å². The van der Waals surface area contributed by atoms with Crippen molar-refractivity contribution in [1.82, 2.24) is 15.0 Å². The molecule has 0 unspecified atom stereocenters. The predicted molar refractivity (Wildman–Crippen MR) is 115 cm³/mol. The van der Waals surface area contributed by atoms with Crippen LogP contribution in [0.25, 0.3) is 0 Å². The molecule has 4 nitrogen and oxygen atoms in total. The summed E-state index contributed by atoms with van der Waals surface area (Å²) in [6, 6.07) is 14.3. The summed E-state index contributed by atoms with van der Waals surface area (Å²) in [7, 11) is 0. The molecule has 1 aliphatic carbocycles. The largest absolute Gasteiger partial charge is 0.335 e. The standard InChI is InChI=1S/C22H22ClN3OS/c23-18-7-4-12-24-19(18)13-17-20(25-22(28)26-21(17)27)16-10-8-15(9-11-16)14-5-2-1-3-6-14/h1-7,12,15-16H,8-11,13H2,(H2,25,26,27,28). The van der Waals surface area contributed by atoms with Gasteiger partial charge in [0.2, 0.25) is 0 Å². The normalized spacial score (nSPS) is 19.5. The Morgan fingerprint density at radius 1 is 1.00 bits per heavy atom. The van der Waals surface area contributed by atoms with Gasteiger partial charge in [-0.3, -0.25) is 14.8 Å². The lowest BCUT2D eigenvalue weighted by Crippen LogP contribution is -2.23. The first-order valence-corrected chi connectivity index (χ1v) is 10.4. The third kappa shape index (κ3) is 4.10. The highest BCUT2D eigenvalue weighted by atomic mass is 35.5. The summed E-state index contributed by atoms with van der Waals surface area (Å²) in [6.07, 6.45) is 6.35.